The van der Waals surface area contributed by atoms with Crippen molar-refractivity contribution in [3.05, 3.63) is 55.8 Å². The molecule has 0 saturated carbocycles. The molecule has 0 unspecified atom stereocenters. The van der Waals surface area contributed by atoms with Gasteiger partial charge in [-0.1, -0.05) is 48.7 Å². The predicted molar refractivity (Wildman–Crippen MR) is 128 cm³/mol. The van der Waals surface area contributed by atoms with Gasteiger partial charge in [0.25, 0.3) is 5.91 Å². The number of nitrogens with one attached hydrogen (secondary N) is 1. The Bertz CT molecular complexity index is 1100. The van der Waals surface area contributed by atoms with Crippen LogP contribution in [0.1, 0.15) is 37.2 Å². The van der Waals surface area contributed by atoms with E-state index >= 15 is 0 Å². The molecule has 170 valence electrons. The molecule has 2 rings (SSSR count). The number of nitriles is 1. The van der Waals surface area contributed by atoms with E-state index in [0.717, 1.165) is 29.9 Å². The van der Waals surface area contributed by atoms with Crippen LogP contribution in [0.25, 0.3) is 6.08 Å². The van der Waals surface area contributed by atoms with E-state index in [1.54, 1.807) is 0 Å². The minimum Gasteiger partial charge on any atom is -0.451 e. The highest BCUT2D eigenvalue weighted by Gasteiger charge is 2.17. The molecule has 0 aliphatic rings. The highest BCUT2D eigenvalue weighted by atomic mass is 35.5. The van der Waals surface area contributed by atoms with Gasteiger partial charge in [-0.15, -0.1) is 0 Å². The van der Waals surface area contributed by atoms with Crippen LogP contribution < -0.4 is 5.32 Å². The molecule has 0 fully saturated rings. The second-order valence-electron chi connectivity index (χ2n) is 7.70. The number of hydrogen-bond donors (Lipinski definition) is 1. The molecule has 6 nitrogen and oxygen atoms in total. The predicted octanol–water partition coefficient (Wildman–Crippen LogP) is 6.20. The van der Waals surface area contributed by atoms with E-state index < -0.39 is 18.5 Å². The fourth-order valence-corrected chi connectivity index (χ4v) is 3.61. The lowest BCUT2D eigenvalue weighted by molar-refractivity contribution is -0.142. The van der Waals surface area contributed by atoms with Crippen LogP contribution in [0.3, 0.4) is 0 Å². The van der Waals surface area contributed by atoms with Crippen molar-refractivity contribution in [3.8, 4) is 6.07 Å². The number of anilines is 1. The van der Waals surface area contributed by atoms with Crippen molar-refractivity contribution in [1.82, 2.24) is 4.57 Å². The number of amides is 1. The first kappa shape index (κ1) is 25.8. The first-order valence-electron chi connectivity index (χ1n) is 9.93. The summed E-state index contributed by atoms with van der Waals surface area (Å²) in [5.74, 6) is -0.970. The molecule has 1 aromatic carbocycles. The van der Waals surface area contributed by atoms with E-state index in [1.807, 2.05) is 26.0 Å². The first-order valence-corrected chi connectivity index (χ1v) is 11.1. The molecule has 2 aromatic rings. The minimum absolute atomic E-state index is 0.185. The van der Waals surface area contributed by atoms with Gasteiger partial charge < -0.3 is 14.6 Å². The van der Waals surface area contributed by atoms with E-state index in [4.69, 9.17) is 39.5 Å². The van der Waals surface area contributed by atoms with E-state index in [-0.39, 0.29) is 26.3 Å². The number of ether oxygens (including phenoxy) is 1. The summed E-state index contributed by atoms with van der Waals surface area (Å²) in [6.07, 6.45) is 2.49. The average Bonchev–Trinajstić information content (AvgIpc) is 2.99. The third-order valence-electron chi connectivity index (χ3n) is 4.80. The quantitative estimate of drug-likeness (QED) is 0.204. The first-order chi connectivity index (χ1) is 15.0. The summed E-state index contributed by atoms with van der Waals surface area (Å²) in [6, 6.07) is 6.54. The van der Waals surface area contributed by atoms with Gasteiger partial charge in [0.1, 0.15) is 11.6 Å². The summed E-state index contributed by atoms with van der Waals surface area (Å²) >= 11 is 17.8. The van der Waals surface area contributed by atoms with Crippen LogP contribution in [0.5, 0.6) is 0 Å². The minimum atomic E-state index is -0.894. The second kappa shape index (κ2) is 11.4. The van der Waals surface area contributed by atoms with Gasteiger partial charge in [0.15, 0.2) is 6.61 Å². The van der Waals surface area contributed by atoms with Crippen LogP contribution in [0, 0.1) is 31.1 Å². The summed E-state index contributed by atoms with van der Waals surface area (Å²) < 4.78 is 7.15. The van der Waals surface area contributed by atoms with Gasteiger partial charge in [-0.2, -0.15) is 5.26 Å². The molecule has 0 bridgehead atoms. The number of aryl methyl sites for hydroxylation is 1. The molecule has 0 spiro atoms. The fraction of sp³-hybridized carbons (Fsp3) is 0.348. The van der Waals surface area contributed by atoms with Gasteiger partial charge in [-0.05, 0) is 56.0 Å². The van der Waals surface area contributed by atoms with Crippen LogP contribution in [0.15, 0.2) is 23.8 Å². The maximum Gasteiger partial charge on any atom is 0.349 e. The number of esters is 1. The molecule has 9 heteroatoms. The number of aromatic nitrogens is 1. The molecule has 1 amide bonds. The molecule has 0 aliphatic carbocycles. The Labute approximate surface area is 202 Å². The van der Waals surface area contributed by atoms with Gasteiger partial charge in [0.05, 0.1) is 20.8 Å². The SMILES string of the molecule is Cc1cc(C=C(C#N)C(=O)OCC(=O)Nc2cc(Cl)c(Cl)cc2Cl)c(C)n1CCC(C)C. The third kappa shape index (κ3) is 6.77. The summed E-state index contributed by atoms with van der Waals surface area (Å²) in [7, 11) is 0. The maximum absolute atomic E-state index is 12.4. The Morgan fingerprint density at radius 2 is 1.81 bits per heavy atom. The average molecular weight is 497 g/mol. The zero-order valence-electron chi connectivity index (χ0n) is 18.3. The summed E-state index contributed by atoms with van der Waals surface area (Å²) in [5.41, 5.74) is 2.78. The van der Waals surface area contributed by atoms with Gasteiger partial charge in [-0.3, -0.25) is 4.79 Å². The van der Waals surface area contributed by atoms with E-state index in [2.05, 4.69) is 23.7 Å². The topological polar surface area (TPSA) is 84.1 Å². The van der Waals surface area contributed by atoms with Crippen molar-refractivity contribution in [2.45, 2.75) is 40.7 Å². The molecule has 0 atom stereocenters. The molecular weight excluding hydrogens is 473 g/mol. The smallest absolute Gasteiger partial charge is 0.349 e. The zero-order valence-corrected chi connectivity index (χ0v) is 20.5. The van der Waals surface area contributed by atoms with Crippen molar-refractivity contribution in [3.63, 3.8) is 0 Å². The van der Waals surface area contributed by atoms with Gasteiger partial charge >= 0.3 is 5.97 Å². The Hall–Kier alpha value is -2.46. The zero-order chi connectivity index (χ0) is 24.0. The van der Waals surface area contributed by atoms with Crippen LogP contribution >= 0.6 is 34.8 Å². The van der Waals surface area contributed by atoms with E-state index in [9.17, 15) is 14.9 Å². The van der Waals surface area contributed by atoms with Crippen LogP contribution in [0.2, 0.25) is 15.1 Å². The summed E-state index contributed by atoms with van der Waals surface area (Å²) in [4.78, 5) is 24.5. The van der Waals surface area contributed by atoms with Crippen LogP contribution in [-0.2, 0) is 20.9 Å². The number of nitrogens with zero attached hydrogens (tertiary/aromatic N) is 2. The lowest BCUT2D eigenvalue weighted by atomic mass is 10.1. The van der Waals surface area contributed by atoms with E-state index in [1.165, 1.54) is 18.2 Å². The molecule has 32 heavy (non-hydrogen) atoms. The normalized spacial score (nSPS) is 11.4. The number of carbonyl (C=O) groups excluding carboxylic acids is 2. The maximum atomic E-state index is 12.4. The van der Waals surface area contributed by atoms with Gasteiger partial charge in [-0.25, -0.2) is 4.79 Å². The Balaban J connectivity index is 2.06. The number of halogens is 3. The van der Waals surface area contributed by atoms with Gasteiger partial charge in [0.2, 0.25) is 0 Å². The number of benzene rings is 1. The number of carbonyl (C=O) groups is 2. The van der Waals surface area contributed by atoms with Crippen LogP contribution in [0.4, 0.5) is 5.69 Å². The highest BCUT2D eigenvalue weighted by molar-refractivity contribution is 6.44. The number of rotatable bonds is 8. The van der Waals surface area contributed by atoms with Crippen molar-refractivity contribution >= 4 is 58.4 Å². The van der Waals surface area contributed by atoms with Crippen LogP contribution in [-0.4, -0.2) is 23.1 Å². The molecule has 1 N–H and O–H groups in total. The number of hydrogen-bond acceptors (Lipinski definition) is 4. The summed E-state index contributed by atoms with van der Waals surface area (Å²) in [5, 5.41) is 12.6. The van der Waals surface area contributed by atoms with E-state index in [0.29, 0.717) is 5.92 Å². The summed E-state index contributed by atoms with van der Waals surface area (Å²) in [6.45, 7) is 8.49. The molecule has 1 aromatic heterocycles. The lowest BCUT2D eigenvalue weighted by Gasteiger charge is -2.11. The largest absolute Gasteiger partial charge is 0.451 e. The fourth-order valence-electron chi connectivity index (χ4n) is 3.01. The Morgan fingerprint density at radius 3 is 2.44 bits per heavy atom. The van der Waals surface area contributed by atoms with Crippen molar-refractivity contribution in [1.29, 1.82) is 5.26 Å². The lowest BCUT2D eigenvalue weighted by Crippen LogP contribution is -2.21. The molecular formula is C23H24Cl3N3O3. The third-order valence-corrected chi connectivity index (χ3v) is 5.84. The second-order valence-corrected chi connectivity index (χ2v) is 8.92. The van der Waals surface area contributed by atoms with Crippen molar-refractivity contribution < 1.29 is 14.3 Å². The van der Waals surface area contributed by atoms with Crippen molar-refractivity contribution in [2.75, 3.05) is 11.9 Å². The highest BCUT2D eigenvalue weighted by Crippen LogP contribution is 2.32. The molecule has 0 saturated heterocycles. The monoisotopic (exact) mass is 495 g/mol. The van der Waals surface area contributed by atoms with Crippen molar-refractivity contribution in [2.24, 2.45) is 5.92 Å². The molecule has 0 radical (unpaired) electrons. The standard InChI is InChI=1S/C23H24Cl3N3O3/c1-13(2)5-6-29-14(3)7-16(15(29)4)8-17(11-27)23(31)32-12-22(30)28-21-10-19(25)18(24)9-20(21)26/h7-10,13H,5-6,12H2,1-4H3,(H,28,30). The molecule has 1 heterocycles. The Kier molecular flexibility index (Phi) is 9.21. The molecule has 0 aliphatic heterocycles. The Morgan fingerprint density at radius 1 is 1.16 bits per heavy atom. The van der Waals surface area contributed by atoms with Gasteiger partial charge in [0, 0.05) is 17.9 Å².